The lowest BCUT2D eigenvalue weighted by atomic mass is 9.99. The summed E-state index contributed by atoms with van der Waals surface area (Å²) in [4.78, 5) is 138. The monoisotopic (exact) mass is 1350 g/mol. The van der Waals surface area contributed by atoms with Gasteiger partial charge in [-0.15, -0.1) is 0 Å². The van der Waals surface area contributed by atoms with Gasteiger partial charge in [0.15, 0.2) is 12.1 Å². The molecule has 1 saturated heterocycles. The largest absolute Gasteiger partial charge is 0.481 e. The number of nitrogens with one attached hydrogen (secondary N) is 5. The maximum absolute atomic E-state index is 14.4. The number of carbonyl (C=O) groups is 9. The van der Waals surface area contributed by atoms with E-state index >= 15 is 0 Å². The van der Waals surface area contributed by atoms with Crippen molar-refractivity contribution in [2.45, 2.75) is 167 Å². The minimum Gasteiger partial charge on any atom is -0.481 e. The molecule has 2 fully saturated rings. The number of amides is 6. The highest BCUT2D eigenvalue weighted by Crippen LogP contribution is 2.59. The van der Waals surface area contributed by atoms with E-state index in [0.29, 0.717) is 34.2 Å². The van der Waals surface area contributed by atoms with E-state index in [2.05, 4.69) is 52.6 Å². The second-order valence-corrected chi connectivity index (χ2v) is 25.1. The lowest BCUT2D eigenvalue weighted by molar-refractivity contribution is -0.142. The van der Waals surface area contributed by atoms with Gasteiger partial charge in [-0.3, -0.25) is 47.6 Å². The molecule has 0 bridgehead atoms. The number of unbranched alkanes of at least 4 members (excludes halogenated alkanes) is 13. The molecule has 1 aliphatic heterocycles. The zero-order valence-corrected chi connectivity index (χ0v) is 54.0. The molecule has 5 rings (SSSR count). The minimum absolute atomic E-state index is 0.0599. The number of hydrogen-bond acceptors (Lipinski definition) is 17. The molecule has 0 spiro atoms. The zero-order chi connectivity index (χ0) is 65.5. The first-order valence-electron chi connectivity index (χ1n) is 30.8. The Labute approximate surface area is 532 Å². The van der Waals surface area contributed by atoms with Crippen molar-refractivity contribution < 1.29 is 91.4 Å². The Bertz CT molecular complexity index is 2930. The first-order valence-corrected chi connectivity index (χ1v) is 33.4. The third-order valence-corrected chi connectivity index (χ3v) is 16.3. The number of carboxylic acid groups (broad SMARTS) is 2. The number of aromatic nitrogens is 3. The molecule has 3 heterocycles. The Morgan fingerprint density at radius 1 is 0.700 bits per heavy atom. The summed E-state index contributed by atoms with van der Waals surface area (Å²) in [5.41, 5.74) is 0.375. The van der Waals surface area contributed by atoms with E-state index in [9.17, 15) is 62.6 Å². The van der Waals surface area contributed by atoms with Crippen molar-refractivity contribution in [1.29, 1.82) is 0 Å². The molecule has 0 unspecified atom stereocenters. The number of carbonyl (C=O) groups excluding carboxylic acids is 7. The smallest absolute Gasteiger partial charge is 0.362 e. The van der Waals surface area contributed by atoms with E-state index in [1.807, 2.05) is 0 Å². The van der Waals surface area contributed by atoms with Gasteiger partial charge in [0.25, 0.3) is 0 Å². The van der Waals surface area contributed by atoms with Crippen molar-refractivity contribution in [2.24, 2.45) is 5.41 Å². The summed E-state index contributed by atoms with van der Waals surface area (Å²) >= 11 is 3.33. The van der Waals surface area contributed by atoms with Gasteiger partial charge in [-0.2, -0.15) is 5.10 Å². The Morgan fingerprint density at radius 2 is 1.27 bits per heavy atom. The summed E-state index contributed by atoms with van der Waals surface area (Å²) in [5, 5.41) is 36.6. The van der Waals surface area contributed by atoms with Crippen molar-refractivity contribution in [3.8, 4) is 5.75 Å². The third-order valence-electron chi connectivity index (χ3n) is 15.4. The van der Waals surface area contributed by atoms with Gasteiger partial charge in [0, 0.05) is 68.7 Å². The summed E-state index contributed by atoms with van der Waals surface area (Å²) in [7, 11) is -4.53. The van der Waals surface area contributed by atoms with Crippen molar-refractivity contribution in [1.82, 2.24) is 40.9 Å². The number of ether oxygens (including phenoxy) is 5. The Balaban J connectivity index is 0.876. The Kier molecular flexibility index (Phi) is 32.2. The third kappa shape index (κ3) is 27.2. The van der Waals surface area contributed by atoms with E-state index in [-0.39, 0.29) is 145 Å². The van der Waals surface area contributed by atoms with E-state index < -0.39 is 73.7 Å². The van der Waals surface area contributed by atoms with Crippen LogP contribution in [-0.2, 0) is 68.4 Å². The molecule has 2 aromatic heterocycles. The predicted octanol–water partition coefficient (Wildman–Crippen LogP) is 5.31. The number of hydrogen-bond donors (Lipinski definition) is 9. The maximum atomic E-state index is 14.4. The first-order chi connectivity index (χ1) is 43.1. The molecule has 9 N–H and O–H groups in total. The molecule has 0 radical (unpaired) electrons. The van der Waals surface area contributed by atoms with Crippen molar-refractivity contribution in [3.63, 3.8) is 0 Å². The maximum Gasteiger partial charge on any atom is 0.362 e. The number of carboxylic acids is 2. The lowest BCUT2D eigenvalue weighted by Gasteiger charge is -2.27. The second-order valence-electron chi connectivity index (χ2n) is 22.7. The average Bonchev–Trinajstić information content (AvgIpc) is 1.54. The number of rotatable bonds is 48. The summed E-state index contributed by atoms with van der Waals surface area (Å²) in [5.74, 6) is -4.52. The van der Waals surface area contributed by atoms with Gasteiger partial charge in [0.05, 0.1) is 45.2 Å². The highest BCUT2D eigenvalue weighted by atomic mass is 79.9. The number of nitrogens with zero attached hydrogens (tertiary/aromatic N) is 4. The fourth-order valence-corrected chi connectivity index (χ4v) is 11.2. The lowest BCUT2D eigenvalue weighted by Crippen LogP contribution is -2.47. The highest BCUT2D eigenvalue weighted by molar-refractivity contribution is 9.10. The van der Waals surface area contributed by atoms with Gasteiger partial charge in [-0.05, 0) is 78.7 Å². The average molecular weight is 1350 g/mol. The van der Waals surface area contributed by atoms with Crippen molar-refractivity contribution in [3.05, 3.63) is 46.2 Å². The van der Waals surface area contributed by atoms with Crippen LogP contribution in [0.3, 0.4) is 0 Å². The highest BCUT2D eigenvalue weighted by Gasteiger charge is 2.67. The predicted molar refractivity (Wildman–Crippen MR) is 331 cm³/mol. The summed E-state index contributed by atoms with van der Waals surface area (Å²) in [6.45, 7) is 3.38. The number of anilines is 1. The van der Waals surface area contributed by atoms with E-state index in [0.717, 1.165) is 51.4 Å². The Morgan fingerprint density at radius 3 is 1.84 bits per heavy atom. The van der Waals surface area contributed by atoms with Crippen molar-refractivity contribution >= 4 is 93.4 Å². The number of likely N-dealkylation sites (tertiary alicyclic amines) is 1. The topological polar surface area (TPSA) is 392 Å². The van der Waals surface area contributed by atoms with Crippen molar-refractivity contribution in [2.75, 3.05) is 84.2 Å². The van der Waals surface area contributed by atoms with Gasteiger partial charge in [0.1, 0.15) is 53.7 Å². The number of halogens is 1. The van der Waals surface area contributed by atoms with Crippen LogP contribution >= 0.6 is 23.5 Å². The van der Waals surface area contributed by atoms with Crippen LogP contribution in [0.5, 0.6) is 5.75 Å². The first kappa shape index (κ1) is 74.3. The van der Waals surface area contributed by atoms with Crippen LogP contribution in [0, 0.1) is 12.3 Å². The number of Topliss-reactive ketones (excluding diaryl/α,β-unsaturated/α-hetero) is 1. The van der Waals surface area contributed by atoms with Crippen LogP contribution in [0.25, 0.3) is 10.9 Å². The molecule has 28 nitrogen and oxygen atoms in total. The number of benzene rings is 1. The molecule has 30 heteroatoms. The van der Waals surface area contributed by atoms with Gasteiger partial charge >= 0.3 is 19.5 Å². The normalized spacial score (nSPS) is 16.3. The molecule has 1 aromatic carbocycles. The summed E-state index contributed by atoms with van der Waals surface area (Å²) in [6, 6.07) is 5.24. The quantitative estimate of drug-likeness (QED) is 0.0150. The SMILES string of the molecule is CC(=O)c1nn(CC(=O)N2[C@H](C(=O)Nc3nc(Br)ccc3C)C[C@@]3(CNC(=O)COCCOCCNC(=O)COCCOCCNC(=O)CC[C@H](NC(=O)CCCCCCCCCCCCCCCCC(=O)O)C(=O)O)C[C@@H]23)c2cc(OCP(=O)(O)O)ccc12. The van der Waals surface area contributed by atoms with Gasteiger partial charge < -0.3 is 75.2 Å². The van der Waals surface area contributed by atoms with Crippen LogP contribution in [0.1, 0.15) is 151 Å². The summed E-state index contributed by atoms with van der Waals surface area (Å²) in [6.07, 6.45) is 14.9. The van der Waals surface area contributed by atoms with E-state index in [1.165, 1.54) is 66.8 Å². The molecule has 2 aliphatic rings. The molecule has 500 valence electrons. The molecular weight excluding hydrogens is 1260 g/mol. The van der Waals surface area contributed by atoms with Gasteiger partial charge in [-0.25, -0.2) is 9.78 Å². The number of ketones is 1. The number of aryl methyl sites for hydroxylation is 1. The van der Waals surface area contributed by atoms with Crippen LogP contribution < -0.4 is 31.3 Å². The molecule has 90 heavy (non-hydrogen) atoms. The Hall–Kier alpha value is -6.46. The van der Waals surface area contributed by atoms with Crippen LogP contribution in [-0.4, -0.2) is 190 Å². The molecular formula is C60H89BrN9O19P. The van der Waals surface area contributed by atoms with Crippen LogP contribution in [0.2, 0.25) is 0 Å². The number of aliphatic carboxylic acids is 2. The molecule has 1 saturated carbocycles. The molecule has 6 amide bonds. The molecule has 3 aromatic rings. The minimum atomic E-state index is -4.53. The van der Waals surface area contributed by atoms with Crippen LogP contribution in [0.4, 0.5) is 5.82 Å². The summed E-state index contributed by atoms with van der Waals surface area (Å²) < 4.78 is 40.4. The zero-order valence-electron chi connectivity index (χ0n) is 51.5. The number of pyridine rings is 1. The van der Waals surface area contributed by atoms with Crippen LogP contribution in [0.15, 0.2) is 34.9 Å². The van der Waals surface area contributed by atoms with Gasteiger partial charge in [0.2, 0.25) is 35.4 Å². The fourth-order valence-electron chi connectivity index (χ4n) is 10.5. The standard InChI is InChI=1S/C60H89BrN9O19P/c1-41-19-23-49(61)66-57(41)67-58(79)47-34-60(35-48(60)70(47)54(76)36-69-46-33-43(89-40-90(82,83)84)20-21-44(46)56(68-69)42(2)71)39-64-53(75)38-88-32-30-86-28-26-63-52(74)37-87-31-29-85-27-25-62-50(72)24-22-45(59(80)81)65-51(73)17-15-13-11-9-7-5-3-4-6-8-10-12-14-16-18-55(77)78/h19-21,23,33,45,47-48H,3-18,22,24-32,34-40H2,1-2H3,(H,62,72)(H,63,74)(H,64,75)(H,65,73)(H,77,78)(H,80,81)(H,66,67,79)(H2,82,83,84)/t45-,47-,48+,60-/m0/s1. The van der Waals surface area contributed by atoms with E-state index in [4.69, 9.17) is 28.8 Å². The molecule has 1 aliphatic carbocycles. The molecule has 4 atom stereocenters. The fraction of sp³-hybridized carbons (Fsp3) is 0.650. The number of piperidine rings is 1. The van der Waals surface area contributed by atoms with Gasteiger partial charge in [-0.1, -0.05) is 83.1 Å². The number of fused-ring (bicyclic) bond motifs is 2. The van der Waals surface area contributed by atoms with E-state index in [1.54, 1.807) is 19.1 Å². The second kappa shape index (κ2) is 39.1.